The summed E-state index contributed by atoms with van der Waals surface area (Å²) in [6.45, 7) is 4.21. The molecule has 2 rings (SSSR count). The lowest BCUT2D eigenvalue weighted by atomic mass is 10.1. The number of rotatable bonds is 4. The van der Waals surface area contributed by atoms with E-state index in [1.165, 1.54) is 0 Å². The summed E-state index contributed by atoms with van der Waals surface area (Å²) in [5, 5.41) is 4.52. The number of hydrogen-bond donors (Lipinski definition) is 1. The molecule has 2 aromatic rings. The molecule has 1 aromatic carbocycles. The molecule has 0 spiro atoms. The van der Waals surface area contributed by atoms with Gasteiger partial charge in [0.1, 0.15) is 5.82 Å². The van der Waals surface area contributed by atoms with Gasteiger partial charge >= 0.3 is 0 Å². The lowest BCUT2D eigenvalue weighted by Crippen LogP contribution is -2.14. The first-order valence-corrected chi connectivity index (χ1v) is 6.89. The first-order chi connectivity index (χ1) is 9.10. The zero-order valence-corrected chi connectivity index (χ0v) is 12.3. The minimum Gasteiger partial charge on any atom is -0.366 e. The van der Waals surface area contributed by atoms with Crippen LogP contribution in [0.2, 0.25) is 10.0 Å². The summed E-state index contributed by atoms with van der Waals surface area (Å²) >= 11 is 12.2. The average molecular weight is 296 g/mol. The van der Waals surface area contributed by atoms with Gasteiger partial charge in [-0.25, -0.2) is 4.98 Å². The molecule has 1 N–H and O–H groups in total. The molecule has 19 heavy (non-hydrogen) atoms. The molecular weight excluding hydrogens is 281 g/mol. The molecule has 0 radical (unpaired) electrons. The van der Waals surface area contributed by atoms with Gasteiger partial charge in [0.15, 0.2) is 0 Å². The molecular formula is C14H15Cl2N3. The molecule has 1 heterocycles. The summed E-state index contributed by atoms with van der Waals surface area (Å²) in [6.07, 6.45) is 4.40. The summed E-state index contributed by atoms with van der Waals surface area (Å²) in [4.78, 5) is 8.71. The Morgan fingerprint density at radius 2 is 2.05 bits per heavy atom. The minimum atomic E-state index is 0.347. The molecule has 0 aliphatic heterocycles. The van der Waals surface area contributed by atoms with Gasteiger partial charge in [-0.1, -0.05) is 30.1 Å². The first kappa shape index (κ1) is 14.1. The van der Waals surface area contributed by atoms with Gasteiger partial charge in [0.05, 0.1) is 23.1 Å². The second-order valence-corrected chi connectivity index (χ2v) is 5.21. The van der Waals surface area contributed by atoms with Crippen LogP contribution in [0.1, 0.15) is 20.3 Å². The van der Waals surface area contributed by atoms with Crippen LogP contribution in [0.5, 0.6) is 0 Å². The Balaban J connectivity index is 2.35. The quantitative estimate of drug-likeness (QED) is 0.891. The summed E-state index contributed by atoms with van der Waals surface area (Å²) < 4.78 is 0. The molecule has 0 aliphatic rings. The maximum absolute atomic E-state index is 6.17. The Labute approximate surface area is 123 Å². The van der Waals surface area contributed by atoms with Crippen molar-refractivity contribution in [1.82, 2.24) is 9.97 Å². The summed E-state index contributed by atoms with van der Waals surface area (Å²) in [5.41, 5.74) is 1.50. The molecule has 5 heteroatoms. The zero-order valence-electron chi connectivity index (χ0n) is 10.8. The van der Waals surface area contributed by atoms with Crippen LogP contribution in [-0.4, -0.2) is 16.0 Å². The van der Waals surface area contributed by atoms with Gasteiger partial charge in [-0.05, 0) is 31.5 Å². The van der Waals surface area contributed by atoms with E-state index in [4.69, 9.17) is 23.2 Å². The van der Waals surface area contributed by atoms with Crippen LogP contribution in [0.15, 0.2) is 30.6 Å². The van der Waals surface area contributed by atoms with Gasteiger partial charge in [-0.2, -0.15) is 0 Å². The van der Waals surface area contributed by atoms with Gasteiger partial charge in [0.2, 0.25) is 0 Å². The van der Waals surface area contributed by atoms with Crippen molar-refractivity contribution in [1.29, 1.82) is 0 Å². The van der Waals surface area contributed by atoms with Gasteiger partial charge in [0.25, 0.3) is 0 Å². The Hall–Kier alpha value is -1.32. The van der Waals surface area contributed by atoms with Gasteiger partial charge in [0, 0.05) is 16.6 Å². The molecule has 3 nitrogen and oxygen atoms in total. The number of halogens is 2. The fourth-order valence-electron chi connectivity index (χ4n) is 1.61. The number of benzene rings is 1. The smallest absolute Gasteiger partial charge is 0.145 e. The van der Waals surface area contributed by atoms with E-state index in [0.29, 0.717) is 21.8 Å². The standard InChI is InChI=1S/C14H15Cl2N3/c1-3-9(2)18-14-8-17-7-13(19-14)11-6-10(15)4-5-12(11)16/h4-9H,3H2,1-2H3,(H,18,19). The average Bonchev–Trinajstić information content (AvgIpc) is 2.41. The van der Waals surface area contributed by atoms with Crippen molar-refractivity contribution in [2.45, 2.75) is 26.3 Å². The minimum absolute atomic E-state index is 0.347. The molecule has 1 atom stereocenters. The third-order valence-electron chi connectivity index (χ3n) is 2.85. The van der Waals surface area contributed by atoms with E-state index in [-0.39, 0.29) is 0 Å². The lowest BCUT2D eigenvalue weighted by Gasteiger charge is -2.12. The maximum atomic E-state index is 6.17. The van der Waals surface area contributed by atoms with Crippen LogP contribution in [0.4, 0.5) is 5.82 Å². The van der Waals surface area contributed by atoms with E-state index in [1.807, 2.05) is 0 Å². The Morgan fingerprint density at radius 3 is 2.79 bits per heavy atom. The van der Waals surface area contributed by atoms with Crippen LogP contribution in [0.25, 0.3) is 11.3 Å². The van der Waals surface area contributed by atoms with Gasteiger partial charge in [-0.15, -0.1) is 0 Å². The van der Waals surface area contributed by atoms with E-state index in [1.54, 1.807) is 30.6 Å². The number of nitrogens with zero attached hydrogens (tertiary/aromatic N) is 2. The second kappa shape index (κ2) is 6.22. The highest BCUT2D eigenvalue weighted by atomic mass is 35.5. The van der Waals surface area contributed by atoms with Crippen LogP contribution in [-0.2, 0) is 0 Å². The Bertz CT molecular complexity index is 572. The summed E-state index contributed by atoms with van der Waals surface area (Å²) in [6, 6.07) is 5.65. The normalized spacial score (nSPS) is 12.2. The van der Waals surface area contributed by atoms with E-state index < -0.39 is 0 Å². The van der Waals surface area contributed by atoms with Crippen molar-refractivity contribution in [2.75, 3.05) is 5.32 Å². The molecule has 0 bridgehead atoms. The highest BCUT2D eigenvalue weighted by molar-refractivity contribution is 6.35. The number of hydrogen-bond acceptors (Lipinski definition) is 3. The highest BCUT2D eigenvalue weighted by Gasteiger charge is 2.08. The molecule has 0 saturated carbocycles. The lowest BCUT2D eigenvalue weighted by molar-refractivity contribution is 0.758. The fourth-order valence-corrected chi connectivity index (χ4v) is 2.00. The molecule has 0 saturated heterocycles. The first-order valence-electron chi connectivity index (χ1n) is 6.14. The van der Waals surface area contributed by atoms with E-state index in [2.05, 4.69) is 29.1 Å². The van der Waals surface area contributed by atoms with Crippen molar-refractivity contribution in [3.63, 3.8) is 0 Å². The number of nitrogens with one attached hydrogen (secondary N) is 1. The van der Waals surface area contributed by atoms with Gasteiger partial charge < -0.3 is 5.32 Å². The molecule has 1 unspecified atom stereocenters. The molecule has 0 fully saturated rings. The van der Waals surface area contributed by atoms with Crippen molar-refractivity contribution >= 4 is 29.0 Å². The van der Waals surface area contributed by atoms with Crippen molar-refractivity contribution in [2.24, 2.45) is 0 Å². The fraction of sp³-hybridized carbons (Fsp3) is 0.286. The summed E-state index contributed by atoms with van der Waals surface area (Å²) in [7, 11) is 0. The monoisotopic (exact) mass is 295 g/mol. The van der Waals surface area contributed by atoms with Crippen molar-refractivity contribution in [3.05, 3.63) is 40.6 Å². The molecule has 0 aliphatic carbocycles. The maximum Gasteiger partial charge on any atom is 0.145 e. The van der Waals surface area contributed by atoms with E-state index in [9.17, 15) is 0 Å². The van der Waals surface area contributed by atoms with Gasteiger partial charge in [-0.3, -0.25) is 4.98 Å². The zero-order chi connectivity index (χ0) is 13.8. The molecule has 100 valence electrons. The van der Waals surface area contributed by atoms with Crippen LogP contribution in [0, 0.1) is 0 Å². The number of aromatic nitrogens is 2. The Morgan fingerprint density at radius 1 is 1.26 bits per heavy atom. The second-order valence-electron chi connectivity index (χ2n) is 4.37. The van der Waals surface area contributed by atoms with Crippen LogP contribution >= 0.6 is 23.2 Å². The van der Waals surface area contributed by atoms with Crippen molar-refractivity contribution < 1.29 is 0 Å². The van der Waals surface area contributed by atoms with E-state index in [0.717, 1.165) is 17.8 Å². The van der Waals surface area contributed by atoms with Crippen molar-refractivity contribution in [3.8, 4) is 11.3 Å². The third kappa shape index (κ3) is 3.58. The third-order valence-corrected chi connectivity index (χ3v) is 3.41. The highest BCUT2D eigenvalue weighted by Crippen LogP contribution is 2.29. The predicted molar refractivity (Wildman–Crippen MR) is 80.9 cm³/mol. The molecule has 1 aromatic heterocycles. The number of anilines is 1. The van der Waals surface area contributed by atoms with Crippen LogP contribution in [0.3, 0.4) is 0 Å². The largest absolute Gasteiger partial charge is 0.366 e. The predicted octanol–water partition coefficient (Wildman–Crippen LogP) is 4.66. The van der Waals surface area contributed by atoms with Crippen LogP contribution < -0.4 is 5.32 Å². The topological polar surface area (TPSA) is 37.8 Å². The SMILES string of the molecule is CCC(C)Nc1cncc(-c2cc(Cl)ccc2Cl)n1. The van der Waals surface area contributed by atoms with E-state index >= 15 is 0 Å². The summed E-state index contributed by atoms with van der Waals surface area (Å²) in [5.74, 6) is 0.739. The molecule has 0 amide bonds. The Kier molecular flexibility index (Phi) is 4.61.